The Hall–Kier alpha value is -1.11. The third kappa shape index (κ3) is 4.69. The first-order valence-electron chi connectivity index (χ1n) is 7.36. The van der Waals surface area contributed by atoms with Crippen molar-refractivity contribution < 1.29 is 8.42 Å². The molecule has 1 rings (SSSR count). The van der Waals surface area contributed by atoms with Gasteiger partial charge in [-0.3, -0.25) is 0 Å². The largest absolute Gasteiger partial charge is 0.399 e. The Labute approximate surface area is 128 Å². The third-order valence-electron chi connectivity index (χ3n) is 3.46. The van der Waals surface area contributed by atoms with Gasteiger partial charge in [0, 0.05) is 18.8 Å². The van der Waals surface area contributed by atoms with Gasteiger partial charge in [-0.15, -0.1) is 0 Å². The van der Waals surface area contributed by atoms with Crippen LogP contribution >= 0.6 is 0 Å². The maximum atomic E-state index is 12.8. The molecule has 0 atom stereocenters. The van der Waals surface area contributed by atoms with Crippen molar-refractivity contribution in [2.24, 2.45) is 0 Å². The van der Waals surface area contributed by atoms with E-state index in [9.17, 15) is 8.42 Å². The minimum absolute atomic E-state index is 0.344. The van der Waals surface area contributed by atoms with E-state index in [2.05, 4.69) is 4.90 Å². The SMILES string of the molecule is CCc1ccc(N)cc1S(=O)(=O)N(CC)CCCN(C)C. The number of nitrogen functional groups attached to an aromatic ring is 1. The number of nitrogens with zero attached hydrogens (tertiary/aromatic N) is 2. The van der Waals surface area contributed by atoms with Gasteiger partial charge in [0.05, 0.1) is 4.90 Å². The Kier molecular flexibility index (Phi) is 6.64. The monoisotopic (exact) mass is 313 g/mol. The summed E-state index contributed by atoms with van der Waals surface area (Å²) in [4.78, 5) is 2.40. The summed E-state index contributed by atoms with van der Waals surface area (Å²) in [6, 6.07) is 5.12. The van der Waals surface area contributed by atoms with Crippen LogP contribution in [-0.2, 0) is 16.4 Å². The van der Waals surface area contributed by atoms with Crippen molar-refractivity contribution in [2.45, 2.75) is 31.6 Å². The Bertz CT molecular complexity index is 556. The summed E-state index contributed by atoms with van der Waals surface area (Å²) >= 11 is 0. The second kappa shape index (κ2) is 7.77. The third-order valence-corrected chi connectivity index (χ3v) is 5.51. The van der Waals surface area contributed by atoms with Crippen molar-refractivity contribution in [3.8, 4) is 0 Å². The Morgan fingerprint density at radius 1 is 1.14 bits per heavy atom. The highest BCUT2D eigenvalue weighted by atomic mass is 32.2. The minimum atomic E-state index is -3.48. The average molecular weight is 313 g/mol. The lowest BCUT2D eigenvalue weighted by Gasteiger charge is -2.23. The fraction of sp³-hybridized carbons (Fsp3) is 0.600. The highest BCUT2D eigenvalue weighted by Crippen LogP contribution is 2.23. The van der Waals surface area contributed by atoms with Crippen LogP contribution in [0.2, 0.25) is 0 Å². The predicted molar refractivity (Wildman–Crippen MR) is 87.8 cm³/mol. The number of hydrogen-bond acceptors (Lipinski definition) is 4. The van der Waals surface area contributed by atoms with E-state index in [1.54, 1.807) is 18.2 Å². The molecule has 0 bridgehead atoms. The highest BCUT2D eigenvalue weighted by molar-refractivity contribution is 7.89. The normalized spacial score (nSPS) is 12.3. The lowest BCUT2D eigenvalue weighted by Crippen LogP contribution is -2.34. The number of benzene rings is 1. The second-order valence-electron chi connectivity index (χ2n) is 5.37. The summed E-state index contributed by atoms with van der Waals surface area (Å²) in [6.45, 7) is 5.67. The summed E-state index contributed by atoms with van der Waals surface area (Å²) in [5.74, 6) is 0. The molecule has 0 amide bonds. The maximum absolute atomic E-state index is 12.8. The molecule has 0 fully saturated rings. The number of sulfonamides is 1. The van der Waals surface area contributed by atoms with E-state index in [1.165, 1.54) is 4.31 Å². The fourth-order valence-electron chi connectivity index (χ4n) is 2.25. The molecule has 1 aromatic rings. The predicted octanol–water partition coefficient (Wildman–Crippen LogP) is 1.79. The minimum Gasteiger partial charge on any atom is -0.399 e. The van der Waals surface area contributed by atoms with Gasteiger partial charge in [-0.25, -0.2) is 8.42 Å². The van der Waals surface area contributed by atoms with Crippen molar-refractivity contribution in [3.63, 3.8) is 0 Å². The lowest BCUT2D eigenvalue weighted by atomic mass is 10.1. The topological polar surface area (TPSA) is 66.6 Å². The van der Waals surface area contributed by atoms with Crippen LogP contribution in [0.4, 0.5) is 5.69 Å². The Morgan fingerprint density at radius 3 is 2.33 bits per heavy atom. The van der Waals surface area contributed by atoms with Gasteiger partial charge in [-0.1, -0.05) is 19.9 Å². The molecule has 0 radical (unpaired) electrons. The smallest absolute Gasteiger partial charge is 0.243 e. The van der Waals surface area contributed by atoms with Crippen LogP contribution in [-0.4, -0.2) is 51.4 Å². The van der Waals surface area contributed by atoms with Gasteiger partial charge in [-0.05, 0) is 51.2 Å². The van der Waals surface area contributed by atoms with E-state index in [0.29, 0.717) is 30.1 Å². The molecule has 0 heterocycles. The first kappa shape index (κ1) is 17.9. The molecule has 0 aliphatic rings. The molecule has 2 N–H and O–H groups in total. The number of rotatable bonds is 8. The highest BCUT2D eigenvalue weighted by Gasteiger charge is 2.25. The number of hydrogen-bond donors (Lipinski definition) is 1. The van der Waals surface area contributed by atoms with Crippen LogP contribution in [0.3, 0.4) is 0 Å². The van der Waals surface area contributed by atoms with Gasteiger partial charge >= 0.3 is 0 Å². The summed E-state index contributed by atoms with van der Waals surface area (Å²) in [6.07, 6.45) is 1.48. The molecule has 0 spiro atoms. The maximum Gasteiger partial charge on any atom is 0.243 e. The van der Waals surface area contributed by atoms with Gasteiger partial charge in [0.15, 0.2) is 0 Å². The molecule has 21 heavy (non-hydrogen) atoms. The standard InChI is InChI=1S/C15H27N3O2S/c1-5-13-8-9-14(16)12-15(13)21(19,20)18(6-2)11-7-10-17(3)4/h8-9,12H,5-7,10-11,16H2,1-4H3. The quantitative estimate of drug-likeness (QED) is 0.743. The summed E-state index contributed by atoms with van der Waals surface area (Å²) < 4.78 is 27.2. The fourth-order valence-corrected chi connectivity index (χ4v) is 4.07. The second-order valence-corrected chi connectivity index (χ2v) is 7.28. The molecule has 6 heteroatoms. The molecule has 0 aliphatic carbocycles. The Morgan fingerprint density at radius 2 is 1.81 bits per heavy atom. The molecule has 0 unspecified atom stereocenters. The summed E-state index contributed by atoms with van der Waals surface area (Å²) in [5.41, 5.74) is 7.07. The van der Waals surface area contributed by atoms with Crippen molar-refractivity contribution in [3.05, 3.63) is 23.8 Å². The summed E-state index contributed by atoms with van der Waals surface area (Å²) in [5, 5.41) is 0. The summed E-state index contributed by atoms with van der Waals surface area (Å²) in [7, 11) is 0.488. The van der Waals surface area contributed by atoms with Crippen LogP contribution in [0.25, 0.3) is 0 Å². The number of nitrogens with two attached hydrogens (primary N) is 1. The molecule has 1 aromatic carbocycles. The first-order valence-corrected chi connectivity index (χ1v) is 8.80. The van der Waals surface area contributed by atoms with Crippen LogP contribution in [0, 0.1) is 0 Å². The van der Waals surface area contributed by atoms with E-state index in [0.717, 1.165) is 18.5 Å². The first-order chi connectivity index (χ1) is 9.82. The van der Waals surface area contributed by atoms with Gasteiger partial charge in [0.2, 0.25) is 10.0 Å². The molecule has 0 aliphatic heterocycles. The van der Waals surface area contributed by atoms with Crippen molar-refractivity contribution >= 4 is 15.7 Å². The van der Waals surface area contributed by atoms with E-state index in [-0.39, 0.29) is 0 Å². The van der Waals surface area contributed by atoms with Crippen molar-refractivity contribution in [1.82, 2.24) is 9.21 Å². The van der Waals surface area contributed by atoms with Gasteiger partial charge in [0.1, 0.15) is 0 Å². The molecular weight excluding hydrogens is 286 g/mol. The molecule has 0 saturated heterocycles. The molecule has 0 saturated carbocycles. The van der Waals surface area contributed by atoms with Gasteiger partial charge < -0.3 is 10.6 Å². The van der Waals surface area contributed by atoms with Gasteiger partial charge in [-0.2, -0.15) is 4.31 Å². The van der Waals surface area contributed by atoms with Crippen LogP contribution in [0.1, 0.15) is 25.8 Å². The van der Waals surface area contributed by atoms with E-state index in [1.807, 2.05) is 27.9 Å². The molecule has 120 valence electrons. The average Bonchev–Trinajstić information content (AvgIpc) is 2.43. The number of aryl methyl sites for hydroxylation is 1. The molecule has 0 aromatic heterocycles. The number of anilines is 1. The molecular formula is C15H27N3O2S. The van der Waals surface area contributed by atoms with Crippen molar-refractivity contribution in [1.29, 1.82) is 0 Å². The zero-order valence-corrected chi connectivity index (χ0v) is 14.3. The lowest BCUT2D eigenvalue weighted by molar-refractivity contribution is 0.356. The van der Waals surface area contributed by atoms with Crippen molar-refractivity contribution in [2.75, 3.05) is 39.5 Å². The van der Waals surface area contributed by atoms with E-state index < -0.39 is 10.0 Å². The van der Waals surface area contributed by atoms with E-state index in [4.69, 9.17) is 5.73 Å². The zero-order valence-electron chi connectivity index (χ0n) is 13.5. The van der Waals surface area contributed by atoms with E-state index >= 15 is 0 Å². The van der Waals surface area contributed by atoms with Crippen LogP contribution in [0.5, 0.6) is 0 Å². The zero-order chi connectivity index (χ0) is 16.0. The Balaban J connectivity index is 3.04. The van der Waals surface area contributed by atoms with Gasteiger partial charge in [0.25, 0.3) is 0 Å². The molecule has 5 nitrogen and oxygen atoms in total. The van der Waals surface area contributed by atoms with Crippen LogP contribution < -0.4 is 5.73 Å². The van der Waals surface area contributed by atoms with Crippen LogP contribution in [0.15, 0.2) is 23.1 Å².